The van der Waals surface area contributed by atoms with Crippen LogP contribution in [0.5, 0.6) is 0 Å². The van der Waals surface area contributed by atoms with Crippen molar-refractivity contribution >= 4 is 39.9 Å². The molecule has 0 spiro atoms. The zero-order valence-corrected chi connectivity index (χ0v) is 12.0. The van der Waals surface area contributed by atoms with Crippen molar-refractivity contribution < 1.29 is 9.90 Å². The van der Waals surface area contributed by atoms with E-state index in [0.717, 1.165) is 28.3 Å². The molecule has 0 saturated heterocycles. The number of imidazole rings is 1. The summed E-state index contributed by atoms with van der Waals surface area (Å²) in [6.07, 6.45) is 2.59. The number of aromatic nitrogens is 2. The quantitative estimate of drug-likeness (QED) is 0.799. The summed E-state index contributed by atoms with van der Waals surface area (Å²) >= 11 is 7.47. The molecule has 0 aliphatic heterocycles. The van der Waals surface area contributed by atoms with Gasteiger partial charge >= 0.3 is 5.97 Å². The Bertz CT molecular complexity index is 778. The highest BCUT2D eigenvalue weighted by atomic mass is 35.5. The highest BCUT2D eigenvalue weighted by Gasteiger charge is 2.08. The number of aromatic carboxylic acids is 1. The normalized spacial score (nSPS) is 11.1. The monoisotopic (exact) mass is 306 g/mol. The Labute approximate surface area is 124 Å². The Kier molecular flexibility index (Phi) is 3.46. The predicted molar refractivity (Wildman–Crippen MR) is 79.7 cm³/mol. The third-order valence-corrected chi connectivity index (χ3v) is 4.39. The van der Waals surface area contributed by atoms with Crippen molar-refractivity contribution in [2.75, 3.05) is 0 Å². The highest BCUT2D eigenvalue weighted by Crippen LogP contribution is 2.23. The van der Waals surface area contributed by atoms with E-state index in [0.29, 0.717) is 0 Å². The van der Waals surface area contributed by atoms with E-state index in [9.17, 15) is 4.79 Å². The number of thiophene rings is 1. The van der Waals surface area contributed by atoms with Crippen LogP contribution in [0.1, 0.15) is 15.2 Å². The summed E-state index contributed by atoms with van der Waals surface area (Å²) < 4.78 is 2.75. The molecule has 4 nitrogen and oxygen atoms in total. The molecule has 0 amide bonds. The third-order valence-electron chi connectivity index (χ3n) is 3.10. The van der Waals surface area contributed by atoms with E-state index in [1.807, 2.05) is 16.7 Å². The lowest BCUT2D eigenvalue weighted by Crippen LogP contribution is -2.00. The number of halogens is 1. The molecule has 0 fully saturated rings. The van der Waals surface area contributed by atoms with Crippen LogP contribution in [0, 0.1) is 0 Å². The number of hydrogen-bond donors (Lipinski definition) is 1. The smallest absolute Gasteiger partial charge is 0.335 e. The second kappa shape index (κ2) is 5.26. The van der Waals surface area contributed by atoms with Crippen molar-refractivity contribution in [3.63, 3.8) is 0 Å². The molecule has 0 aliphatic rings. The second-order valence-corrected chi connectivity index (χ2v) is 6.20. The molecule has 0 atom stereocenters. The minimum absolute atomic E-state index is 0.276. The van der Waals surface area contributed by atoms with Gasteiger partial charge in [-0.05, 0) is 36.8 Å². The Balaban J connectivity index is 1.87. The molecule has 1 N–H and O–H groups in total. The first-order valence-electron chi connectivity index (χ1n) is 6.06. The Morgan fingerprint density at radius 3 is 2.90 bits per heavy atom. The largest absolute Gasteiger partial charge is 0.478 e. The molecule has 2 heterocycles. The molecule has 0 saturated carbocycles. The van der Waals surface area contributed by atoms with Crippen molar-refractivity contribution in [2.24, 2.45) is 0 Å². The average Bonchev–Trinajstić information content (AvgIpc) is 3.02. The van der Waals surface area contributed by atoms with Gasteiger partial charge in [0.25, 0.3) is 0 Å². The highest BCUT2D eigenvalue weighted by molar-refractivity contribution is 7.16. The molecule has 2 aromatic heterocycles. The Morgan fingerprint density at radius 1 is 1.35 bits per heavy atom. The molecule has 0 aliphatic carbocycles. The minimum Gasteiger partial charge on any atom is -0.478 e. The van der Waals surface area contributed by atoms with Gasteiger partial charge in [-0.25, -0.2) is 9.78 Å². The lowest BCUT2D eigenvalue weighted by atomic mass is 10.2. The van der Waals surface area contributed by atoms with Gasteiger partial charge in [0, 0.05) is 11.4 Å². The van der Waals surface area contributed by atoms with Crippen LogP contribution >= 0.6 is 22.9 Å². The first-order chi connectivity index (χ1) is 9.63. The topological polar surface area (TPSA) is 55.1 Å². The minimum atomic E-state index is -0.926. The maximum Gasteiger partial charge on any atom is 0.335 e. The van der Waals surface area contributed by atoms with Gasteiger partial charge in [-0.15, -0.1) is 11.3 Å². The van der Waals surface area contributed by atoms with Gasteiger partial charge in [0.05, 0.1) is 27.3 Å². The molecule has 0 bridgehead atoms. The molecule has 6 heteroatoms. The molecular weight excluding hydrogens is 296 g/mol. The van der Waals surface area contributed by atoms with Crippen molar-refractivity contribution in [3.05, 3.63) is 51.4 Å². The number of carboxylic acids is 1. The molecule has 0 radical (unpaired) electrons. The van der Waals surface area contributed by atoms with Gasteiger partial charge in [0.1, 0.15) is 0 Å². The maximum absolute atomic E-state index is 11.0. The van der Waals surface area contributed by atoms with Gasteiger partial charge in [0.2, 0.25) is 0 Å². The van der Waals surface area contributed by atoms with E-state index in [1.54, 1.807) is 35.9 Å². The summed E-state index contributed by atoms with van der Waals surface area (Å²) in [5.41, 5.74) is 1.92. The van der Waals surface area contributed by atoms with Crippen molar-refractivity contribution in [1.29, 1.82) is 0 Å². The fourth-order valence-electron chi connectivity index (χ4n) is 2.08. The third kappa shape index (κ3) is 2.55. The number of hydrogen-bond acceptors (Lipinski definition) is 3. The van der Waals surface area contributed by atoms with E-state index >= 15 is 0 Å². The lowest BCUT2D eigenvalue weighted by molar-refractivity contribution is 0.0697. The van der Waals surface area contributed by atoms with Gasteiger partial charge in [0.15, 0.2) is 0 Å². The fraction of sp³-hybridized carbons (Fsp3) is 0.143. The van der Waals surface area contributed by atoms with Crippen LogP contribution in [0.2, 0.25) is 4.34 Å². The van der Waals surface area contributed by atoms with E-state index < -0.39 is 5.97 Å². The van der Waals surface area contributed by atoms with E-state index in [4.69, 9.17) is 16.7 Å². The van der Waals surface area contributed by atoms with Crippen molar-refractivity contribution in [1.82, 2.24) is 9.55 Å². The molecule has 20 heavy (non-hydrogen) atoms. The Hall–Kier alpha value is -1.85. The molecule has 1 aromatic carbocycles. The van der Waals surface area contributed by atoms with Crippen LogP contribution in [-0.2, 0) is 13.0 Å². The number of aryl methyl sites for hydroxylation is 2. The number of fused-ring (bicyclic) bond motifs is 1. The van der Waals surface area contributed by atoms with Crippen LogP contribution in [0.4, 0.5) is 0 Å². The SMILES string of the molecule is O=C(O)c1ccc2ncn(CCc3ccc(Cl)s3)c2c1. The van der Waals surface area contributed by atoms with Crippen LogP contribution in [0.25, 0.3) is 11.0 Å². The molecule has 102 valence electrons. The fourth-order valence-corrected chi connectivity index (χ4v) is 3.16. The number of rotatable bonds is 4. The van der Waals surface area contributed by atoms with E-state index in [1.165, 1.54) is 4.88 Å². The molecule has 0 unspecified atom stereocenters. The first-order valence-corrected chi connectivity index (χ1v) is 7.25. The summed E-state index contributed by atoms with van der Waals surface area (Å²) in [6.45, 7) is 0.746. The molecular formula is C14H11ClN2O2S. The summed E-state index contributed by atoms with van der Waals surface area (Å²) in [5.74, 6) is -0.926. The van der Waals surface area contributed by atoms with Gasteiger partial charge in [-0.1, -0.05) is 11.6 Å². The molecule has 3 rings (SSSR count). The predicted octanol–water partition coefficient (Wildman–Crippen LogP) is 3.69. The zero-order chi connectivity index (χ0) is 14.1. The Morgan fingerprint density at radius 2 is 2.20 bits per heavy atom. The summed E-state index contributed by atoms with van der Waals surface area (Å²) in [7, 11) is 0. The van der Waals surface area contributed by atoms with Crippen molar-refractivity contribution in [2.45, 2.75) is 13.0 Å². The van der Waals surface area contributed by atoms with E-state index in [-0.39, 0.29) is 5.56 Å². The van der Waals surface area contributed by atoms with Crippen LogP contribution < -0.4 is 0 Å². The average molecular weight is 307 g/mol. The molecule has 3 aromatic rings. The van der Waals surface area contributed by atoms with E-state index in [2.05, 4.69) is 4.98 Å². The summed E-state index contributed by atoms with van der Waals surface area (Å²) in [5, 5.41) is 9.04. The maximum atomic E-state index is 11.0. The first kappa shape index (κ1) is 13.1. The number of benzene rings is 1. The standard InChI is InChI=1S/C14H11ClN2O2S/c15-13-4-2-10(20-13)5-6-17-8-16-11-3-1-9(14(18)19)7-12(11)17/h1-4,7-8H,5-6H2,(H,18,19). The summed E-state index contributed by atoms with van der Waals surface area (Å²) in [4.78, 5) is 16.5. The number of carboxylic acid groups (broad SMARTS) is 1. The zero-order valence-electron chi connectivity index (χ0n) is 10.4. The van der Waals surface area contributed by atoms with Gasteiger partial charge < -0.3 is 9.67 Å². The van der Waals surface area contributed by atoms with Gasteiger partial charge in [-0.2, -0.15) is 0 Å². The van der Waals surface area contributed by atoms with Crippen LogP contribution in [-0.4, -0.2) is 20.6 Å². The van der Waals surface area contributed by atoms with Crippen molar-refractivity contribution in [3.8, 4) is 0 Å². The summed E-state index contributed by atoms with van der Waals surface area (Å²) in [6, 6.07) is 8.86. The van der Waals surface area contributed by atoms with Crippen LogP contribution in [0.3, 0.4) is 0 Å². The van der Waals surface area contributed by atoms with Crippen LogP contribution in [0.15, 0.2) is 36.7 Å². The lowest BCUT2D eigenvalue weighted by Gasteiger charge is -2.03. The number of carbonyl (C=O) groups is 1. The second-order valence-electron chi connectivity index (χ2n) is 4.40. The number of nitrogens with zero attached hydrogens (tertiary/aromatic N) is 2. The van der Waals surface area contributed by atoms with Gasteiger partial charge in [-0.3, -0.25) is 0 Å².